The lowest BCUT2D eigenvalue weighted by Crippen LogP contribution is -2.44. The molecule has 9 heteroatoms. The van der Waals surface area contributed by atoms with E-state index in [0.717, 1.165) is 15.7 Å². The van der Waals surface area contributed by atoms with Crippen molar-refractivity contribution in [1.29, 1.82) is 5.26 Å². The second kappa shape index (κ2) is 9.12. The van der Waals surface area contributed by atoms with E-state index in [-0.39, 0.29) is 24.2 Å². The number of nitrogens with zero attached hydrogens (tertiary/aromatic N) is 4. The highest BCUT2D eigenvalue weighted by atomic mass is 35.5. The lowest BCUT2D eigenvalue weighted by molar-refractivity contribution is 0.609. The van der Waals surface area contributed by atoms with Gasteiger partial charge in [0.2, 0.25) is 0 Å². The Bertz CT molecular complexity index is 1640. The number of anilines is 1. The Kier molecular flexibility index (Phi) is 5.85. The number of aromatic amines is 1. The number of benzene rings is 2. The highest BCUT2D eigenvalue weighted by molar-refractivity contribution is 6.30. The van der Waals surface area contributed by atoms with Crippen LogP contribution >= 0.6 is 11.6 Å². The van der Waals surface area contributed by atoms with E-state index in [9.17, 15) is 19.6 Å². The van der Waals surface area contributed by atoms with Gasteiger partial charge < -0.3 is 9.88 Å². The van der Waals surface area contributed by atoms with Gasteiger partial charge in [0.05, 0.1) is 18.2 Å². The summed E-state index contributed by atoms with van der Waals surface area (Å²) in [5.74, 6) is 0.359. The number of hydrogen-bond acceptors (Lipinski definition) is 5. The Morgan fingerprint density at radius 2 is 1.69 bits per heavy atom. The topological polar surface area (TPSA) is 104 Å². The van der Waals surface area contributed by atoms with Crippen LogP contribution in [0.4, 0.5) is 5.82 Å². The van der Waals surface area contributed by atoms with Gasteiger partial charge in [-0.3, -0.25) is 18.7 Å². The average molecular weight is 486 g/mol. The predicted octanol–water partition coefficient (Wildman–Crippen LogP) is 3.11. The van der Waals surface area contributed by atoms with E-state index >= 15 is 0 Å². The van der Waals surface area contributed by atoms with Gasteiger partial charge >= 0.3 is 5.69 Å². The molecule has 35 heavy (non-hydrogen) atoms. The molecule has 0 bridgehead atoms. The maximum Gasteiger partial charge on any atom is 0.333 e. The zero-order chi connectivity index (χ0) is 24.5. The van der Waals surface area contributed by atoms with E-state index in [2.05, 4.69) is 4.98 Å². The molecule has 2 aromatic carbocycles. The summed E-state index contributed by atoms with van der Waals surface area (Å²) in [6, 6.07) is 20.0. The molecule has 3 heterocycles. The highest BCUT2D eigenvalue weighted by Gasteiger charge is 2.29. The molecule has 0 fully saturated rings. The van der Waals surface area contributed by atoms with Crippen LogP contribution in [0.2, 0.25) is 5.02 Å². The fourth-order valence-corrected chi connectivity index (χ4v) is 4.69. The lowest BCUT2D eigenvalue weighted by Gasteiger charge is -2.26. The molecule has 0 atom stereocenters. The van der Waals surface area contributed by atoms with Crippen molar-refractivity contribution in [2.75, 3.05) is 4.90 Å². The molecule has 0 spiro atoms. The molecule has 8 nitrogen and oxygen atoms in total. The predicted molar refractivity (Wildman–Crippen MR) is 134 cm³/mol. The molecule has 4 aromatic rings. The summed E-state index contributed by atoms with van der Waals surface area (Å²) in [4.78, 5) is 44.3. The molecule has 1 N–H and O–H groups in total. The highest BCUT2D eigenvalue weighted by Crippen LogP contribution is 2.34. The number of aromatic nitrogens is 3. The summed E-state index contributed by atoms with van der Waals surface area (Å²) in [6.45, 7) is 0.472. The van der Waals surface area contributed by atoms with Gasteiger partial charge in [0.15, 0.2) is 0 Å². The smallest absolute Gasteiger partial charge is 0.333 e. The first-order valence-corrected chi connectivity index (χ1v) is 11.3. The zero-order valence-electron chi connectivity index (χ0n) is 18.6. The summed E-state index contributed by atoms with van der Waals surface area (Å²) in [5, 5.41) is 10.0. The van der Waals surface area contributed by atoms with Crippen molar-refractivity contribution in [2.45, 2.75) is 26.2 Å². The Balaban J connectivity index is 1.80. The number of rotatable bonds is 5. The molecule has 5 rings (SSSR count). The largest absolute Gasteiger partial charge is 0.349 e. The molecule has 0 saturated carbocycles. The Morgan fingerprint density at radius 1 is 0.943 bits per heavy atom. The van der Waals surface area contributed by atoms with Crippen LogP contribution in [0.5, 0.6) is 0 Å². The van der Waals surface area contributed by atoms with Crippen molar-refractivity contribution in [1.82, 2.24) is 14.1 Å². The Labute approximate surface area is 204 Å². The van der Waals surface area contributed by atoms with Crippen molar-refractivity contribution in [3.8, 4) is 17.2 Å². The van der Waals surface area contributed by atoms with Crippen LogP contribution < -0.4 is 21.7 Å². The van der Waals surface area contributed by atoms with Crippen LogP contribution in [-0.2, 0) is 26.2 Å². The van der Waals surface area contributed by atoms with Crippen molar-refractivity contribution >= 4 is 17.4 Å². The first-order chi connectivity index (χ1) is 17.0. The summed E-state index contributed by atoms with van der Waals surface area (Å²) in [5.41, 5.74) is 1.60. The number of H-pyrrole nitrogens is 1. The van der Waals surface area contributed by atoms with E-state index in [1.54, 1.807) is 36.4 Å². The number of pyridine rings is 1. The first kappa shape index (κ1) is 22.4. The quantitative estimate of drug-likeness (QED) is 0.467. The van der Waals surface area contributed by atoms with E-state index in [1.165, 1.54) is 10.8 Å². The van der Waals surface area contributed by atoms with Crippen LogP contribution in [0.15, 0.2) is 81.2 Å². The normalized spacial score (nSPS) is 12.4. The van der Waals surface area contributed by atoms with E-state index in [0.29, 0.717) is 29.5 Å². The zero-order valence-corrected chi connectivity index (χ0v) is 19.3. The molecule has 0 radical (unpaired) electrons. The van der Waals surface area contributed by atoms with E-state index < -0.39 is 16.8 Å². The number of halogens is 1. The van der Waals surface area contributed by atoms with Crippen LogP contribution in [-0.4, -0.2) is 14.1 Å². The third-order valence-electron chi connectivity index (χ3n) is 6.11. The number of hydrogen-bond donors (Lipinski definition) is 1. The standard InChI is InChI=1S/C26H20ClN5O3/c27-21-9-3-7-17(13-21)22-24(30-14-18-5-1-2-6-19(18)15-30)31(12-10-28)26(35)32(25(22)34)16-20-8-4-11-29-23(20)33/h1-9,11,13H,12,14-16H2,(H,29,33). The number of fused-ring (bicyclic) bond motifs is 1. The summed E-state index contributed by atoms with van der Waals surface area (Å²) >= 11 is 6.27. The van der Waals surface area contributed by atoms with Gasteiger partial charge in [0.1, 0.15) is 12.4 Å². The maximum absolute atomic E-state index is 13.9. The Morgan fingerprint density at radius 3 is 2.34 bits per heavy atom. The molecule has 0 saturated heterocycles. The van der Waals surface area contributed by atoms with Crippen LogP contribution in [0.3, 0.4) is 0 Å². The third kappa shape index (κ3) is 4.07. The lowest BCUT2D eigenvalue weighted by atomic mass is 10.1. The monoisotopic (exact) mass is 485 g/mol. The van der Waals surface area contributed by atoms with E-state index in [1.807, 2.05) is 35.2 Å². The van der Waals surface area contributed by atoms with Gasteiger partial charge in [-0.1, -0.05) is 54.1 Å². The van der Waals surface area contributed by atoms with Crippen LogP contribution in [0.1, 0.15) is 16.7 Å². The van der Waals surface area contributed by atoms with Gasteiger partial charge in [-0.2, -0.15) is 5.26 Å². The number of nitriles is 1. The van der Waals surface area contributed by atoms with E-state index in [4.69, 9.17) is 11.6 Å². The minimum absolute atomic E-state index is 0.229. The fourth-order valence-electron chi connectivity index (χ4n) is 4.50. The van der Waals surface area contributed by atoms with Crippen molar-refractivity contribution in [3.63, 3.8) is 0 Å². The van der Waals surface area contributed by atoms with Crippen molar-refractivity contribution in [3.05, 3.63) is 120 Å². The molecule has 1 aliphatic heterocycles. The van der Waals surface area contributed by atoms with Crippen LogP contribution in [0, 0.1) is 11.3 Å². The molecule has 2 aromatic heterocycles. The second-order valence-corrected chi connectivity index (χ2v) is 8.71. The molecular weight excluding hydrogens is 466 g/mol. The third-order valence-corrected chi connectivity index (χ3v) is 6.35. The maximum atomic E-state index is 13.9. The van der Waals surface area contributed by atoms with Gasteiger partial charge in [0.25, 0.3) is 11.1 Å². The molecule has 0 amide bonds. The van der Waals surface area contributed by atoms with Crippen molar-refractivity contribution in [2.24, 2.45) is 0 Å². The van der Waals surface area contributed by atoms with Gasteiger partial charge in [0, 0.05) is 29.9 Å². The summed E-state index contributed by atoms with van der Waals surface area (Å²) in [7, 11) is 0. The minimum Gasteiger partial charge on any atom is -0.349 e. The first-order valence-electron chi connectivity index (χ1n) is 11.0. The van der Waals surface area contributed by atoms with Gasteiger partial charge in [-0.05, 0) is 34.9 Å². The molecule has 1 aliphatic rings. The Hall–Kier alpha value is -4.35. The molecule has 174 valence electrons. The minimum atomic E-state index is -0.656. The van der Waals surface area contributed by atoms with Gasteiger partial charge in [-0.25, -0.2) is 4.79 Å². The summed E-state index contributed by atoms with van der Waals surface area (Å²) in [6.07, 6.45) is 1.48. The fraction of sp³-hybridized carbons (Fsp3) is 0.154. The molecule has 0 unspecified atom stereocenters. The number of nitrogens with one attached hydrogen (secondary N) is 1. The SMILES string of the molecule is N#CCn1c(N2Cc3ccccc3C2)c(-c2cccc(Cl)c2)c(=O)n(Cc2ccc[nH]c2=O)c1=O. The second-order valence-electron chi connectivity index (χ2n) is 8.28. The summed E-state index contributed by atoms with van der Waals surface area (Å²) < 4.78 is 2.31. The van der Waals surface area contributed by atoms with Crippen molar-refractivity contribution < 1.29 is 0 Å². The average Bonchev–Trinajstić information content (AvgIpc) is 3.28. The molecule has 0 aliphatic carbocycles. The molecular formula is C26H20ClN5O3. The van der Waals surface area contributed by atoms with Gasteiger partial charge in [-0.15, -0.1) is 0 Å². The van der Waals surface area contributed by atoms with Crippen LogP contribution in [0.25, 0.3) is 11.1 Å².